The van der Waals surface area contributed by atoms with E-state index in [-0.39, 0.29) is 23.8 Å². The number of nitrogens with one attached hydrogen (secondary N) is 3. The molecule has 0 saturated heterocycles. The lowest BCUT2D eigenvalue weighted by molar-refractivity contribution is -0.121. The molecule has 0 atom stereocenters. The maximum absolute atomic E-state index is 12.2. The average molecular weight is 393 g/mol. The third-order valence-corrected chi connectivity index (χ3v) is 4.52. The third kappa shape index (κ3) is 5.44. The van der Waals surface area contributed by atoms with Crippen LogP contribution in [0.1, 0.15) is 22.3 Å². The molecule has 7 heteroatoms. The van der Waals surface area contributed by atoms with Crippen molar-refractivity contribution in [1.82, 2.24) is 15.6 Å². The van der Waals surface area contributed by atoms with Crippen LogP contribution in [0.25, 0.3) is 10.9 Å². The summed E-state index contributed by atoms with van der Waals surface area (Å²) in [5.74, 6) is 0.312. The van der Waals surface area contributed by atoms with E-state index in [4.69, 9.17) is 4.74 Å². The lowest BCUT2D eigenvalue weighted by Crippen LogP contribution is -2.34. The van der Waals surface area contributed by atoms with E-state index in [1.165, 1.54) is 0 Å². The second-order valence-corrected chi connectivity index (χ2v) is 6.55. The highest BCUT2D eigenvalue weighted by molar-refractivity contribution is 5.94. The Hall–Kier alpha value is -3.61. The molecule has 0 unspecified atom stereocenters. The molecule has 0 bridgehead atoms. The van der Waals surface area contributed by atoms with Crippen molar-refractivity contribution in [3.63, 3.8) is 0 Å². The smallest absolute Gasteiger partial charge is 0.251 e. The number of fused-ring (bicyclic) bond motifs is 1. The quantitative estimate of drug-likeness (QED) is 0.510. The van der Waals surface area contributed by atoms with Gasteiger partial charge in [-0.3, -0.25) is 14.4 Å². The zero-order chi connectivity index (χ0) is 20.6. The Morgan fingerprint density at radius 2 is 1.76 bits per heavy atom. The van der Waals surface area contributed by atoms with E-state index in [1.54, 1.807) is 43.5 Å². The molecule has 0 aliphatic heterocycles. The van der Waals surface area contributed by atoms with E-state index < -0.39 is 0 Å². The van der Waals surface area contributed by atoms with E-state index >= 15 is 0 Å². The summed E-state index contributed by atoms with van der Waals surface area (Å²) in [5, 5.41) is 6.38. The molecule has 0 fully saturated rings. The lowest BCUT2D eigenvalue weighted by atomic mass is 10.1. The van der Waals surface area contributed by atoms with Gasteiger partial charge in [-0.2, -0.15) is 0 Å². The summed E-state index contributed by atoms with van der Waals surface area (Å²) in [4.78, 5) is 39.0. The largest absolute Gasteiger partial charge is 0.497 e. The summed E-state index contributed by atoms with van der Waals surface area (Å²) in [5.41, 5.74) is 1.60. The van der Waals surface area contributed by atoms with Gasteiger partial charge in [-0.15, -0.1) is 0 Å². The molecule has 1 aromatic heterocycles. The first-order valence-corrected chi connectivity index (χ1v) is 9.37. The Bertz CT molecular complexity index is 1060. The third-order valence-electron chi connectivity index (χ3n) is 4.52. The van der Waals surface area contributed by atoms with Crippen LogP contribution in [-0.4, -0.2) is 37.0 Å². The Morgan fingerprint density at radius 3 is 2.52 bits per heavy atom. The van der Waals surface area contributed by atoms with Crippen LogP contribution in [0, 0.1) is 0 Å². The molecule has 0 aliphatic rings. The van der Waals surface area contributed by atoms with Gasteiger partial charge in [0.2, 0.25) is 5.91 Å². The second kappa shape index (κ2) is 9.54. The van der Waals surface area contributed by atoms with E-state index in [0.717, 1.165) is 5.39 Å². The minimum Gasteiger partial charge on any atom is -0.497 e. The molecule has 2 amide bonds. The number of hydrogen-bond acceptors (Lipinski definition) is 4. The number of hydrogen-bond donors (Lipinski definition) is 3. The van der Waals surface area contributed by atoms with Gasteiger partial charge in [-0.25, -0.2) is 0 Å². The zero-order valence-corrected chi connectivity index (χ0v) is 16.2. The van der Waals surface area contributed by atoms with Crippen LogP contribution in [-0.2, 0) is 11.2 Å². The Kier molecular flexibility index (Phi) is 6.63. The molecular weight excluding hydrogens is 370 g/mol. The molecule has 3 aromatic rings. The van der Waals surface area contributed by atoms with Crippen LogP contribution in [0.3, 0.4) is 0 Å². The minimum atomic E-state index is -0.214. The zero-order valence-electron chi connectivity index (χ0n) is 16.2. The fraction of sp³-hybridized carbons (Fsp3) is 0.227. The van der Waals surface area contributed by atoms with Gasteiger partial charge in [0.15, 0.2) is 0 Å². The molecule has 0 aliphatic carbocycles. The van der Waals surface area contributed by atoms with Gasteiger partial charge >= 0.3 is 0 Å². The maximum Gasteiger partial charge on any atom is 0.251 e. The fourth-order valence-electron chi connectivity index (χ4n) is 2.94. The number of amides is 2. The molecule has 3 N–H and O–H groups in total. The molecule has 29 heavy (non-hydrogen) atoms. The molecule has 1 heterocycles. The van der Waals surface area contributed by atoms with E-state index in [1.807, 2.05) is 18.2 Å². The van der Waals surface area contributed by atoms with Crippen molar-refractivity contribution in [2.45, 2.75) is 12.8 Å². The predicted octanol–water partition coefficient (Wildman–Crippen LogP) is 2.02. The number of pyridine rings is 1. The van der Waals surface area contributed by atoms with Gasteiger partial charge in [0.25, 0.3) is 11.5 Å². The molecular formula is C22H23N3O4. The van der Waals surface area contributed by atoms with E-state index in [9.17, 15) is 14.4 Å². The Labute approximate surface area is 168 Å². The average Bonchev–Trinajstić information content (AvgIpc) is 2.75. The normalized spacial score (nSPS) is 10.5. The highest BCUT2D eigenvalue weighted by atomic mass is 16.5. The van der Waals surface area contributed by atoms with Crippen molar-refractivity contribution in [2.24, 2.45) is 0 Å². The van der Waals surface area contributed by atoms with Gasteiger partial charge in [0, 0.05) is 36.7 Å². The predicted molar refractivity (Wildman–Crippen MR) is 111 cm³/mol. The first-order valence-electron chi connectivity index (χ1n) is 9.37. The summed E-state index contributed by atoms with van der Waals surface area (Å²) in [6.07, 6.45) is 0.525. The van der Waals surface area contributed by atoms with Crippen LogP contribution in [0.4, 0.5) is 0 Å². The second-order valence-electron chi connectivity index (χ2n) is 6.55. The number of H-pyrrole nitrogens is 1. The number of benzene rings is 2. The number of carbonyl (C=O) groups excluding carboxylic acids is 2. The number of aromatic nitrogens is 1. The standard InChI is InChI=1S/C22H23N3O4/c1-29-18-9-7-16-13-17(22(28)25-19(16)14-18)8-10-20(26)23-11-12-24-21(27)15-5-3-2-4-6-15/h2-7,9,13-14H,8,10-12H2,1H3,(H,23,26)(H,24,27)(H,25,28). The molecule has 2 aromatic carbocycles. The minimum absolute atomic E-state index is 0.173. The molecule has 0 radical (unpaired) electrons. The van der Waals surface area contributed by atoms with Gasteiger partial charge in [-0.05, 0) is 42.1 Å². The highest BCUT2D eigenvalue weighted by Crippen LogP contribution is 2.18. The monoisotopic (exact) mass is 393 g/mol. The van der Waals surface area contributed by atoms with E-state index in [0.29, 0.717) is 41.9 Å². The SMILES string of the molecule is COc1ccc2cc(CCC(=O)NCCNC(=O)c3ccccc3)c(=O)[nH]c2c1. The van der Waals surface area contributed by atoms with Crippen LogP contribution in [0.15, 0.2) is 59.4 Å². The Morgan fingerprint density at radius 1 is 1.00 bits per heavy atom. The molecule has 7 nitrogen and oxygen atoms in total. The number of rotatable bonds is 8. The van der Waals surface area contributed by atoms with Gasteiger partial charge in [-0.1, -0.05) is 18.2 Å². The summed E-state index contributed by atoms with van der Waals surface area (Å²) in [6.45, 7) is 0.656. The number of methoxy groups -OCH3 is 1. The lowest BCUT2D eigenvalue weighted by Gasteiger charge is -2.08. The van der Waals surface area contributed by atoms with Crippen molar-refractivity contribution in [1.29, 1.82) is 0 Å². The summed E-state index contributed by atoms with van der Waals surface area (Å²) in [6, 6.07) is 16.1. The van der Waals surface area contributed by atoms with Gasteiger partial charge in [0.1, 0.15) is 5.75 Å². The molecule has 3 rings (SSSR count). The van der Waals surface area contributed by atoms with Gasteiger partial charge in [0.05, 0.1) is 12.6 Å². The number of aromatic amines is 1. The van der Waals surface area contributed by atoms with Gasteiger partial charge < -0.3 is 20.4 Å². The molecule has 0 spiro atoms. The fourth-order valence-corrected chi connectivity index (χ4v) is 2.94. The van der Waals surface area contributed by atoms with Crippen molar-refractivity contribution >= 4 is 22.7 Å². The van der Waals surface area contributed by atoms with Crippen LogP contribution in [0.2, 0.25) is 0 Å². The van der Waals surface area contributed by atoms with Crippen LogP contribution in [0.5, 0.6) is 5.75 Å². The Balaban J connectivity index is 1.46. The van der Waals surface area contributed by atoms with E-state index in [2.05, 4.69) is 15.6 Å². The van der Waals surface area contributed by atoms with Crippen molar-refractivity contribution in [2.75, 3.05) is 20.2 Å². The van der Waals surface area contributed by atoms with Crippen molar-refractivity contribution < 1.29 is 14.3 Å². The summed E-state index contributed by atoms with van der Waals surface area (Å²) in [7, 11) is 1.57. The number of carbonyl (C=O) groups is 2. The topological polar surface area (TPSA) is 100 Å². The molecule has 0 saturated carbocycles. The number of aryl methyl sites for hydroxylation is 1. The first kappa shape index (κ1) is 20.1. The van der Waals surface area contributed by atoms with Crippen LogP contribution < -0.4 is 20.9 Å². The van der Waals surface area contributed by atoms with Crippen LogP contribution >= 0.6 is 0 Å². The summed E-state index contributed by atoms with van der Waals surface area (Å²) < 4.78 is 5.16. The highest BCUT2D eigenvalue weighted by Gasteiger charge is 2.08. The summed E-state index contributed by atoms with van der Waals surface area (Å²) >= 11 is 0. The van der Waals surface area contributed by atoms with Crippen molar-refractivity contribution in [3.8, 4) is 5.75 Å². The molecule has 150 valence electrons. The van der Waals surface area contributed by atoms with Crippen molar-refractivity contribution in [3.05, 3.63) is 76.1 Å². The first-order chi connectivity index (χ1) is 14.1. The number of ether oxygens (including phenoxy) is 1. The maximum atomic E-state index is 12.2.